The van der Waals surface area contributed by atoms with Crippen LogP contribution in [-0.2, 0) is 6.42 Å². The van der Waals surface area contributed by atoms with Crippen molar-refractivity contribution in [1.82, 2.24) is 4.98 Å². The molecular formula is C16H12F2N4OS2. The summed E-state index contributed by atoms with van der Waals surface area (Å²) in [5.41, 5.74) is 11.9. The molecule has 0 unspecified atom stereocenters. The molecule has 4 N–H and O–H groups in total. The van der Waals surface area contributed by atoms with Gasteiger partial charge in [-0.1, -0.05) is 0 Å². The maximum Gasteiger partial charge on any atom is 0.273 e. The van der Waals surface area contributed by atoms with E-state index in [0.29, 0.717) is 25.4 Å². The monoisotopic (exact) mass is 378 g/mol. The van der Waals surface area contributed by atoms with Gasteiger partial charge in [-0.05, 0) is 24.1 Å². The molecule has 3 rings (SSSR count). The third kappa shape index (κ3) is 3.18. The molecule has 3 heterocycles. The number of thiophene rings is 2. The van der Waals surface area contributed by atoms with Crippen molar-refractivity contribution in [1.29, 1.82) is 5.26 Å². The third-order valence-corrected chi connectivity index (χ3v) is 6.19. The fourth-order valence-corrected chi connectivity index (χ4v) is 4.80. The van der Waals surface area contributed by atoms with Gasteiger partial charge in [0.1, 0.15) is 5.82 Å². The number of aromatic nitrogens is 1. The number of nitrogens with zero attached hydrogens (tertiary/aromatic N) is 2. The van der Waals surface area contributed by atoms with Crippen LogP contribution in [0.25, 0.3) is 19.8 Å². The van der Waals surface area contributed by atoms with Crippen molar-refractivity contribution < 1.29 is 13.6 Å². The molecule has 0 saturated heterocycles. The van der Waals surface area contributed by atoms with Gasteiger partial charge in [-0.2, -0.15) is 5.26 Å². The lowest BCUT2D eigenvalue weighted by molar-refractivity contribution is 0.100. The highest BCUT2D eigenvalue weighted by Crippen LogP contribution is 2.43. The van der Waals surface area contributed by atoms with E-state index in [-0.39, 0.29) is 29.1 Å². The molecular weight excluding hydrogens is 366 g/mol. The molecule has 0 fully saturated rings. The normalized spacial score (nSPS) is 11.1. The van der Waals surface area contributed by atoms with E-state index >= 15 is 0 Å². The summed E-state index contributed by atoms with van der Waals surface area (Å²) in [5, 5.41) is 9.26. The first-order chi connectivity index (χ1) is 11.9. The molecule has 0 radical (unpaired) electrons. The van der Waals surface area contributed by atoms with Gasteiger partial charge in [0.15, 0.2) is 0 Å². The number of halogens is 2. The number of nitrogens with two attached hydrogens (primary N) is 2. The quantitative estimate of drug-likeness (QED) is 0.697. The van der Waals surface area contributed by atoms with E-state index in [0.717, 1.165) is 11.3 Å². The van der Waals surface area contributed by atoms with Crippen LogP contribution in [0.5, 0.6) is 0 Å². The minimum Gasteiger partial charge on any atom is -0.383 e. The fraction of sp³-hybridized carbons (Fsp3) is 0.188. The molecule has 9 heteroatoms. The van der Waals surface area contributed by atoms with Gasteiger partial charge in [0.2, 0.25) is 0 Å². The van der Waals surface area contributed by atoms with Crippen molar-refractivity contribution in [3.8, 4) is 15.8 Å². The van der Waals surface area contributed by atoms with Crippen LogP contribution in [0.4, 0.5) is 14.6 Å². The number of hydrogen-bond donors (Lipinski definition) is 2. The molecule has 3 aromatic rings. The molecule has 0 bridgehead atoms. The fourth-order valence-electron chi connectivity index (χ4n) is 2.48. The molecule has 0 atom stereocenters. The zero-order valence-corrected chi connectivity index (χ0v) is 14.4. The van der Waals surface area contributed by atoms with Crippen LogP contribution in [0, 0.1) is 11.3 Å². The Bertz CT molecular complexity index is 1000. The number of primary amides is 1. The van der Waals surface area contributed by atoms with Crippen molar-refractivity contribution in [2.75, 3.05) is 5.73 Å². The SMILES string of the molecule is N#CCCc1cc(-c2cc3c(N)ncc(C(N)=O)c3s2)sc1C(F)F. The van der Waals surface area contributed by atoms with Crippen molar-refractivity contribution in [2.24, 2.45) is 5.73 Å². The van der Waals surface area contributed by atoms with Crippen LogP contribution in [-0.4, -0.2) is 10.9 Å². The Hall–Kier alpha value is -2.57. The van der Waals surface area contributed by atoms with E-state index < -0.39 is 12.3 Å². The molecule has 25 heavy (non-hydrogen) atoms. The average molecular weight is 378 g/mol. The summed E-state index contributed by atoms with van der Waals surface area (Å²) < 4.78 is 27.1. The standard InChI is InChI=1S/C16H12F2N4OS2/c17-14(18)12-7(2-1-3-19)4-10(24-12)11-5-8-13(25-11)9(16(21)23)6-22-15(8)20/h4-6,14H,1-2H2,(H2,20,22)(H2,21,23). The molecule has 1 amide bonds. The van der Waals surface area contributed by atoms with Crippen LogP contribution >= 0.6 is 22.7 Å². The first-order valence-electron chi connectivity index (χ1n) is 7.18. The number of amides is 1. The number of anilines is 1. The number of hydrogen-bond acceptors (Lipinski definition) is 6. The lowest BCUT2D eigenvalue weighted by Crippen LogP contribution is -2.11. The third-order valence-electron chi connectivity index (χ3n) is 3.64. The molecule has 0 spiro atoms. The van der Waals surface area contributed by atoms with Gasteiger partial charge < -0.3 is 11.5 Å². The van der Waals surface area contributed by atoms with E-state index in [9.17, 15) is 13.6 Å². The predicted octanol–water partition coefficient (Wildman–Crippen LogP) is 4.10. The van der Waals surface area contributed by atoms with Crippen molar-refractivity contribution in [2.45, 2.75) is 19.3 Å². The largest absolute Gasteiger partial charge is 0.383 e. The maximum atomic E-state index is 13.3. The van der Waals surface area contributed by atoms with Crippen LogP contribution in [0.1, 0.15) is 33.6 Å². The van der Waals surface area contributed by atoms with Crippen LogP contribution < -0.4 is 11.5 Å². The molecule has 0 aliphatic carbocycles. The number of rotatable bonds is 5. The first-order valence-corrected chi connectivity index (χ1v) is 8.81. The summed E-state index contributed by atoms with van der Waals surface area (Å²) in [7, 11) is 0. The van der Waals surface area contributed by atoms with Crippen LogP contribution in [0.2, 0.25) is 0 Å². The summed E-state index contributed by atoms with van der Waals surface area (Å²) >= 11 is 2.24. The van der Waals surface area contributed by atoms with E-state index in [1.165, 1.54) is 17.5 Å². The van der Waals surface area contributed by atoms with Crippen molar-refractivity contribution in [3.63, 3.8) is 0 Å². The van der Waals surface area contributed by atoms with Gasteiger partial charge in [0, 0.05) is 27.8 Å². The van der Waals surface area contributed by atoms with E-state index in [1.807, 2.05) is 6.07 Å². The molecule has 5 nitrogen and oxygen atoms in total. The van der Waals surface area contributed by atoms with Crippen LogP contribution in [0.3, 0.4) is 0 Å². The zero-order valence-electron chi connectivity index (χ0n) is 12.8. The van der Waals surface area contributed by atoms with Crippen LogP contribution in [0.15, 0.2) is 18.3 Å². The Morgan fingerprint density at radius 1 is 1.32 bits per heavy atom. The lowest BCUT2D eigenvalue weighted by atomic mass is 10.1. The molecule has 0 aliphatic rings. The van der Waals surface area contributed by atoms with Crippen molar-refractivity contribution >= 4 is 44.5 Å². The number of nitrogen functional groups attached to an aromatic ring is 1. The smallest absolute Gasteiger partial charge is 0.273 e. The topological polar surface area (TPSA) is 106 Å². The van der Waals surface area contributed by atoms with Gasteiger partial charge in [-0.15, -0.1) is 22.7 Å². The number of carbonyl (C=O) groups excluding carboxylic acids is 1. The first kappa shape index (κ1) is 17.3. The Balaban J connectivity index is 2.14. The molecule has 3 aromatic heterocycles. The number of pyridine rings is 1. The summed E-state index contributed by atoms with van der Waals surface area (Å²) in [4.78, 5) is 16.8. The minimum atomic E-state index is -2.60. The number of alkyl halides is 2. The average Bonchev–Trinajstić information content (AvgIpc) is 3.17. The second-order valence-electron chi connectivity index (χ2n) is 5.23. The number of aryl methyl sites for hydroxylation is 1. The number of nitriles is 1. The van der Waals surface area contributed by atoms with Gasteiger partial charge in [0.05, 0.1) is 21.2 Å². The van der Waals surface area contributed by atoms with Gasteiger partial charge in [-0.3, -0.25) is 4.79 Å². The minimum absolute atomic E-state index is 0.0380. The van der Waals surface area contributed by atoms with E-state index in [1.54, 1.807) is 12.1 Å². The second kappa shape index (κ2) is 6.74. The summed E-state index contributed by atoms with van der Waals surface area (Å²) in [5.74, 6) is -0.377. The maximum absolute atomic E-state index is 13.3. The molecule has 0 saturated carbocycles. The van der Waals surface area contributed by atoms with Gasteiger partial charge >= 0.3 is 0 Å². The Morgan fingerprint density at radius 3 is 2.68 bits per heavy atom. The lowest BCUT2D eigenvalue weighted by Gasteiger charge is -1.99. The van der Waals surface area contributed by atoms with Gasteiger partial charge in [-0.25, -0.2) is 13.8 Å². The van der Waals surface area contributed by atoms with Gasteiger partial charge in [0.25, 0.3) is 12.3 Å². The van der Waals surface area contributed by atoms with E-state index in [2.05, 4.69) is 4.98 Å². The Morgan fingerprint density at radius 2 is 2.04 bits per heavy atom. The summed E-state index contributed by atoms with van der Waals surface area (Å²) in [6.07, 6.45) is -0.842. The summed E-state index contributed by atoms with van der Waals surface area (Å²) in [6, 6.07) is 5.36. The Kier molecular flexibility index (Phi) is 4.65. The van der Waals surface area contributed by atoms with Crippen molar-refractivity contribution in [3.05, 3.63) is 34.3 Å². The number of fused-ring (bicyclic) bond motifs is 1. The molecule has 0 aliphatic heterocycles. The second-order valence-corrected chi connectivity index (χ2v) is 7.37. The number of carbonyl (C=O) groups is 1. The highest BCUT2D eigenvalue weighted by atomic mass is 32.1. The van der Waals surface area contributed by atoms with E-state index in [4.69, 9.17) is 16.7 Å². The Labute approximate surface area is 149 Å². The molecule has 0 aromatic carbocycles. The highest BCUT2D eigenvalue weighted by molar-refractivity contribution is 7.26. The summed E-state index contributed by atoms with van der Waals surface area (Å²) in [6.45, 7) is 0. The predicted molar refractivity (Wildman–Crippen MR) is 94.8 cm³/mol. The molecule has 128 valence electrons. The zero-order chi connectivity index (χ0) is 18.1. The highest BCUT2D eigenvalue weighted by Gasteiger charge is 2.20.